The molecule has 0 N–H and O–H groups in total. The number of hydrogen-bond acceptors (Lipinski definition) is 3. The average molecular weight is 368 g/mol. The third-order valence-electron chi connectivity index (χ3n) is 4.63. The lowest BCUT2D eigenvalue weighted by molar-refractivity contribution is 0.663. The van der Waals surface area contributed by atoms with E-state index in [1.807, 2.05) is 42.5 Å². The van der Waals surface area contributed by atoms with E-state index < -0.39 is 0 Å². The fourth-order valence-electron chi connectivity index (χ4n) is 3.46. The van der Waals surface area contributed by atoms with Gasteiger partial charge in [0.05, 0.1) is 5.52 Å². The van der Waals surface area contributed by atoms with Crippen LogP contribution >= 0.6 is 23.4 Å². The van der Waals surface area contributed by atoms with Crippen LogP contribution in [-0.4, -0.2) is 19.9 Å². The number of rotatable bonds is 2. The zero-order valence-electron chi connectivity index (χ0n) is 13.3. The van der Waals surface area contributed by atoms with Crippen LogP contribution in [-0.2, 0) is 13.1 Å². The van der Waals surface area contributed by atoms with E-state index in [2.05, 4.69) is 10.6 Å². The van der Waals surface area contributed by atoms with Gasteiger partial charge in [-0.25, -0.2) is 4.98 Å². The molecule has 0 saturated carbocycles. The van der Waals surface area contributed by atoms with Crippen molar-refractivity contribution in [1.82, 2.24) is 14.1 Å². The van der Waals surface area contributed by atoms with Crippen molar-refractivity contribution in [3.05, 3.63) is 69.5 Å². The van der Waals surface area contributed by atoms with Gasteiger partial charge in [-0.05, 0) is 23.8 Å². The lowest BCUT2D eigenvalue weighted by Gasteiger charge is -2.08. The van der Waals surface area contributed by atoms with Gasteiger partial charge >= 0.3 is 0 Å². The number of benzene rings is 2. The summed E-state index contributed by atoms with van der Waals surface area (Å²) in [5, 5.41) is 2.56. The molecular formula is C19H14ClN3OS. The molecule has 4 aromatic rings. The Labute approximate surface area is 153 Å². The monoisotopic (exact) mass is 367 g/mol. The summed E-state index contributed by atoms with van der Waals surface area (Å²) in [6.07, 6.45) is 0. The predicted molar refractivity (Wildman–Crippen MR) is 103 cm³/mol. The Hall–Kier alpha value is -2.24. The summed E-state index contributed by atoms with van der Waals surface area (Å²) in [6.45, 7) is 1.34. The molecule has 6 heteroatoms. The van der Waals surface area contributed by atoms with Crippen LogP contribution in [0.25, 0.3) is 21.9 Å². The molecule has 3 heterocycles. The Balaban J connectivity index is 1.83. The van der Waals surface area contributed by atoms with Crippen molar-refractivity contribution >= 4 is 45.3 Å². The van der Waals surface area contributed by atoms with E-state index in [-0.39, 0.29) is 5.56 Å². The van der Waals surface area contributed by atoms with Crippen molar-refractivity contribution in [2.45, 2.75) is 18.2 Å². The Morgan fingerprint density at radius 1 is 1.12 bits per heavy atom. The Kier molecular flexibility index (Phi) is 3.40. The van der Waals surface area contributed by atoms with Crippen LogP contribution in [0.3, 0.4) is 0 Å². The number of hydrogen-bond donors (Lipinski definition) is 0. The maximum absolute atomic E-state index is 13.1. The first-order valence-electron chi connectivity index (χ1n) is 8.11. The zero-order valence-corrected chi connectivity index (χ0v) is 14.8. The molecule has 5 rings (SSSR count). The third-order valence-corrected chi connectivity index (χ3v) is 5.84. The van der Waals surface area contributed by atoms with Gasteiger partial charge in [-0.15, -0.1) is 0 Å². The summed E-state index contributed by atoms with van der Waals surface area (Å²) in [4.78, 5) is 17.9. The SMILES string of the molecule is O=c1c2c(nc3n1CCS3)c1ccccc1n2Cc1ccc(Cl)cc1. The van der Waals surface area contributed by atoms with E-state index in [1.54, 1.807) is 16.3 Å². The summed E-state index contributed by atoms with van der Waals surface area (Å²) in [5.74, 6) is 0.907. The lowest BCUT2D eigenvalue weighted by Crippen LogP contribution is -2.22. The topological polar surface area (TPSA) is 39.8 Å². The highest BCUT2D eigenvalue weighted by atomic mass is 35.5. The molecule has 1 aliphatic heterocycles. The number of nitrogens with zero attached hydrogens (tertiary/aromatic N) is 3. The highest BCUT2D eigenvalue weighted by Crippen LogP contribution is 2.30. The molecule has 4 nitrogen and oxygen atoms in total. The highest BCUT2D eigenvalue weighted by molar-refractivity contribution is 7.99. The fraction of sp³-hybridized carbons (Fsp3) is 0.158. The largest absolute Gasteiger partial charge is 0.330 e. The van der Waals surface area contributed by atoms with E-state index in [0.29, 0.717) is 17.1 Å². The molecule has 0 atom stereocenters. The first-order chi connectivity index (χ1) is 12.2. The van der Waals surface area contributed by atoms with Crippen LogP contribution in [0.4, 0.5) is 0 Å². The molecule has 2 aromatic heterocycles. The van der Waals surface area contributed by atoms with Crippen molar-refractivity contribution in [3.8, 4) is 0 Å². The van der Waals surface area contributed by atoms with Gasteiger partial charge in [-0.3, -0.25) is 9.36 Å². The second-order valence-electron chi connectivity index (χ2n) is 6.13. The van der Waals surface area contributed by atoms with Gasteiger partial charge in [0.1, 0.15) is 11.0 Å². The molecular weight excluding hydrogens is 354 g/mol. The standard InChI is InChI=1S/C19H14ClN3OS/c20-13-7-5-12(6-8-13)11-23-15-4-2-1-3-14(15)16-17(23)18(24)22-9-10-25-19(22)21-16/h1-8H,9-11H2. The van der Waals surface area contributed by atoms with E-state index >= 15 is 0 Å². The molecule has 0 bridgehead atoms. The second-order valence-corrected chi connectivity index (χ2v) is 7.63. The summed E-state index contributed by atoms with van der Waals surface area (Å²) in [7, 11) is 0. The molecule has 25 heavy (non-hydrogen) atoms. The molecule has 2 aromatic carbocycles. The summed E-state index contributed by atoms with van der Waals surface area (Å²) < 4.78 is 3.88. The normalized spacial score (nSPS) is 13.6. The van der Waals surface area contributed by atoms with E-state index in [1.165, 1.54) is 0 Å². The summed E-state index contributed by atoms with van der Waals surface area (Å²) in [5.41, 5.74) is 3.67. The van der Waals surface area contributed by atoms with Gasteiger partial charge in [0.15, 0.2) is 5.16 Å². The molecule has 0 amide bonds. The summed E-state index contributed by atoms with van der Waals surface area (Å²) >= 11 is 7.65. The predicted octanol–water partition coefficient (Wildman–Crippen LogP) is 4.16. The van der Waals surface area contributed by atoms with Gasteiger partial charge in [0.2, 0.25) is 0 Å². The van der Waals surface area contributed by atoms with E-state index in [0.717, 1.165) is 39.4 Å². The molecule has 0 unspecified atom stereocenters. The highest BCUT2D eigenvalue weighted by Gasteiger charge is 2.22. The number of para-hydroxylation sites is 1. The quantitative estimate of drug-likeness (QED) is 0.499. The van der Waals surface area contributed by atoms with Crippen LogP contribution in [0.15, 0.2) is 58.5 Å². The second kappa shape index (κ2) is 5.64. The smallest absolute Gasteiger partial charge is 0.278 e. The van der Waals surface area contributed by atoms with Crippen molar-refractivity contribution in [2.75, 3.05) is 5.75 Å². The molecule has 0 saturated heterocycles. The van der Waals surface area contributed by atoms with Gasteiger partial charge in [-0.1, -0.05) is 53.7 Å². The molecule has 0 radical (unpaired) electrons. The molecule has 0 aliphatic carbocycles. The first-order valence-corrected chi connectivity index (χ1v) is 9.48. The van der Waals surface area contributed by atoms with Gasteiger partial charge in [-0.2, -0.15) is 0 Å². The Morgan fingerprint density at radius 2 is 1.92 bits per heavy atom. The molecule has 0 fully saturated rings. The number of halogens is 1. The minimum Gasteiger partial charge on any atom is -0.330 e. The van der Waals surface area contributed by atoms with Crippen LogP contribution in [0, 0.1) is 0 Å². The molecule has 1 aliphatic rings. The Morgan fingerprint density at radius 3 is 2.76 bits per heavy atom. The minimum absolute atomic E-state index is 0.0511. The average Bonchev–Trinajstić information content (AvgIpc) is 3.22. The molecule has 124 valence electrons. The van der Waals surface area contributed by atoms with Gasteiger partial charge in [0, 0.05) is 29.3 Å². The molecule has 0 spiro atoms. The van der Waals surface area contributed by atoms with Crippen LogP contribution in [0.2, 0.25) is 5.02 Å². The van der Waals surface area contributed by atoms with Gasteiger partial charge < -0.3 is 4.57 Å². The van der Waals surface area contributed by atoms with Crippen LogP contribution in [0.1, 0.15) is 5.56 Å². The number of aromatic nitrogens is 3. The minimum atomic E-state index is 0.0511. The van der Waals surface area contributed by atoms with Crippen LogP contribution in [0.5, 0.6) is 0 Å². The number of fused-ring (bicyclic) bond motifs is 4. The van der Waals surface area contributed by atoms with Gasteiger partial charge in [0.25, 0.3) is 5.56 Å². The zero-order chi connectivity index (χ0) is 17.0. The third kappa shape index (κ3) is 2.30. The van der Waals surface area contributed by atoms with Crippen molar-refractivity contribution < 1.29 is 0 Å². The van der Waals surface area contributed by atoms with Crippen molar-refractivity contribution in [3.63, 3.8) is 0 Å². The maximum Gasteiger partial charge on any atom is 0.278 e. The number of thioether (sulfide) groups is 1. The maximum atomic E-state index is 13.1. The lowest BCUT2D eigenvalue weighted by atomic mass is 10.2. The van der Waals surface area contributed by atoms with E-state index in [4.69, 9.17) is 16.6 Å². The fourth-order valence-corrected chi connectivity index (χ4v) is 4.53. The van der Waals surface area contributed by atoms with Crippen molar-refractivity contribution in [1.29, 1.82) is 0 Å². The van der Waals surface area contributed by atoms with Crippen molar-refractivity contribution in [2.24, 2.45) is 0 Å². The first kappa shape index (κ1) is 15.0. The van der Waals surface area contributed by atoms with E-state index in [9.17, 15) is 4.79 Å². The Bertz CT molecular complexity index is 1180. The van der Waals surface area contributed by atoms with Crippen LogP contribution < -0.4 is 5.56 Å². The summed E-state index contributed by atoms with van der Waals surface area (Å²) in [6, 6.07) is 15.8.